The zero-order valence-electron chi connectivity index (χ0n) is 10.7. The molecule has 4 heteroatoms. The third kappa shape index (κ3) is 3.19. The summed E-state index contributed by atoms with van der Waals surface area (Å²) in [5.74, 6) is -0.0158. The Morgan fingerprint density at radius 3 is 2.41 bits per heavy atom. The predicted molar refractivity (Wildman–Crippen MR) is 66.5 cm³/mol. The SMILES string of the molecule is C[C@@H](N)C(=O)NC1CCC2(CCOCC2)CC1. The molecular weight excluding hydrogens is 216 g/mol. The summed E-state index contributed by atoms with van der Waals surface area (Å²) in [6, 6.07) is -0.0593. The fourth-order valence-electron chi connectivity index (χ4n) is 3.01. The molecule has 2 aliphatic rings. The van der Waals surface area contributed by atoms with Crippen molar-refractivity contribution in [2.45, 2.75) is 57.5 Å². The molecule has 1 aliphatic heterocycles. The molecule has 4 nitrogen and oxygen atoms in total. The molecule has 0 aromatic rings. The van der Waals surface area contributed by atoms with Gasteiger partial charge in [-0.05, 0) is 50.9 Å². The number of nitrogens with two attached hydrogens (primary N) is 1. The Hall–Kier alpha value is -0.610. The maximum absolute atomic E-state index is 11.5. The average Bonchev–Trinajstić information content (AvgIpc) is 2.33. The summed E-state index contributed by atoms with van der Waals surface area (Å²) in [5.41, 5.74) is 6.07. The Kier molecular flexibility index (Phi) is 4.05. The zero-order valence-corrected chi connectivity index (χ0v) is 10.7. The summed E-state index contributed by atoms with van der Waals surface area (Å²) in [6.45, 7) is 3.56. The molecule has 0 aromatic heterocycles. The highest BCUT2D eigenvalue weighted by Gasteiger charge is 2.36. The van der Waals surface area contributed by atoms with Crippen LogP contribution in [-0.2, 0) is 9.53 Å². The van der Waals surface area contributed by atoms with E-state index >= 15 is 0 Å². The van der Waals surface area contributed by atoms with Gasteiger partial charge >= 0.3 is 0 Å². The van der Waals surface area contributed by atoms with Crippen LogP contribution in [0.15, 0.2) is 0 Å². The number of nitrogens with one attached hydrogen (secondary N) is 1. The predicted octanol–water partition coefficient (Wildman–Crippen LogP) is 1.19. The van der Waals surface area contributed by atoms with Crippen molar-refractivity contribution in [2.75, 3.05) is 13.2 Å². The summed E-state index contributed by atoms with van der Waals surface area (Å²) in [5, 5.41) is 3.05. The molecule has 3 N–H and O–H groups in total. The number of amides is 1. The molecule has 1 atom stereocenters. The van der Waals surface area contributed by atoms with E-state index in [-0.39, 0.29) is 5.91 Å². The molecule has 0 radical (unpaired) electrons. The van der Waals surface area contributed by atoms with Crippen molar-refractivity contribution < 1.29 is 9.53 Å². The van der Waals surface area contributed by atoms with Crippen LogP contribution in [0.3, 0.4) is 0 Å². The van der Waals surface area contributed by atoms with E-state index in [1.807, 2.05) is 0 Å². The Morgan fingerprint density at radius 2 is 1.88 bits per heavy atom. The maximum Gasteiger partial charge on any atom is 0.236 e. The topological polar surface area (TPSA) is 64.4 Å². The van der Waals surface area contributed by atoms with E-state index in [1.54, 1.807) is 6.92 Å². The van der Waals surface area contributed by atoms with Crippen LogP contribution in [0.1, 0.15) is 45.4 Å². The minimum absolute atomic E-state index is 0.0158. The lowest BCUT2D eigenvalue weighted by atomic mass is 9.68. The van der Waals surface area contributed by atoms with E-state index in [4.69, 9.17) is 10.5 Å². The van der Waals surface area contributed by atoms with Gasteiger partial charge in [0.2, 0.25) is 5.91 Å². The van der Waals surface area contributed by atoms with Gasteiger partial charge in [-0.2, -0.15) is 0 Å². The standard InChI is InChI=1S/C13H24N2O2/c1-10(14)12(16)15-11-2-4-13(5-3-11)6-8-17-9-7-13/h10-11H,2-9,14H2,1H3,(H,15,16)/t10-/m1/s1. The second-order valence-corrected chi connectivity index (χ2v) is 5.68. The molecule has 1 aliphatic carbocycles. The van der Waals surface area contributed by atoms with Crippen LogP contribution in [0.5, 0.6) is 0 Å². The Labute approximate surface area is 103 Å². The lowest BCUT2D eigenvalue weighted by molar-refractivity contribution is -0.123. The highest BCUT2D eigenvalue weighted by atomic mass is 16.5. The second-order valence-electron chi connectivity index (χ2n) is 5.68. The van der Waals surface area contributed by atoms with Gasteiger partial charge in [-0.25, -0.2) is 0 Å². The quantitative estimate of drug-likeness (QED) is 0.762. The molecule has 17 heavy (non-hydrogen) atoms. The molecule has 1 heterocycles. The monoisotopic (exact) mass is 240 g/mol. The van der Waals surface area contributed by atoms with Gasteiger partial charge in [0.15, 0.2) is 0 Å². The Balaban J connectivity index is 1.79. The van der Waals surface area contributed by atoms with Crippen LogP contribution in [0.25, 0.3) is 0 Å². The number of ether oxygens (including phenoxy) is 1. The van der Waals surface area contributed by atoms with E-state index in [1.165, 1.54) is 25.7 Å². The molecule has 98 valence electrons. The maximum atomic E-state index is 11.5. The first kappa shape index (κ1) is 12.8. The van der Waals surface area contributed by atoms with E-state index in [9.17, 15) is 4.79 Å². The molecule has 0 bridgehead atoms. The highest BCUT2D eigenvalue weighted by molar-refractivity contribution is 5.81. The molecule has 0 aromatic carbocycles. The van der Waals surface area contributed by atoms with Gasteiger partial charge in [0.1, 0.15) is 0 Å². The third-order valence-corrected chi connectivity index (χ3v) is 4.36. The number of hydrogen-bond donors (Lipinski definition) is 2. The van der Waals surface area contributed by atoms with Crippen LogP contribution in [0.2, 0.25) is 0 Å². The Bertz CT molecular complexity index is 263. The third-order valence-electron chi connectivity index (χ3n) is 4.36. The molecule has 2 fully saturated rings. The fraction of sp³-hybridized carbons (Fsp3) is 0.923. The van der Waals surface area contributed by atoms with Crippen LogP contribution >= 0.6 is 0 Å². The average molecular weight is 240 g/mol. The summed E-state index contributed by atoms with van der Waals surface area (Å²) in [6.07, 6.45) is 7.03. The number of carbonyl (C=O) groups excluding carboxylic acids is 1. The molecule has 0 unspecified atom stereocenters. The zero-order chi connectivity index (χ0) is 12.3. The van der Waals surface area contributed by atoms with Gasteiger partial charge in [-0.15, -0.1) is 0 Å². The number of rotatable bonds is 2. The van der Waals surface area contributed by atoms with Gasteiger partial charge in [0.25, 0.3) is 0 Å². The molecule has 1 saturated heterocycles. The smallest absolute Gasteiger partial charge is 0.236 e. The molecule has 2 rings (SSSR count). The van der Waals surface area contributed by atoms with Crippen LogP contribution < -0.4 is 11.1 Å². The highest BCUT2D eigenvalue weighted by Crippen LogP contribution is 2.43. The number of hydrogen-bond acceptors (Lipinski definition) is 3. The van der Waals surface area contributed by atoms with Gasteiger partial charge in [0, 0.05) is 19.3 Å². The fourth-order valence-corrected chi connectivity index (χ4v) is 3.01. The van der Waals surface area contributed by atoms with Crippen LogP contribution in [-0.4, -0.2) is 31.2 Å². The van der Waals surface area contributed by atoms with Gasteiger partial charge in [0.05, 0.1) is 6.04 Å². The first-order chi connectivity index (χ1) is 8.11. The van der Waals surface area contributed by atoms with Crippen molar-refractivity contribution in [3.63, 3.8) is 0 Å². The largest absolute Gasteiger partial charge is 0.381 e. The summed E-state index contributed by atoms with van der Waals surface area (Å²) in [7, 11) is 0. The second kappa shape index (κ2) is 5.36. The van der Waals surface area contributed by atoms with Crippen molar-refractivity contribution in [1.82, 2.24) is 5.32 Å². The van der Waals surface area contributed by atoms with Crippen molar-refractivity contribution in [2.24, 2.45) is 11.1 Å². The Morgan fingerprint density at radius 1 is 1.29 bits per heavy atom. The van der Waals surface area contributed by atoms with Gasteiger partial charge in [-0.1, -0.05) is 0 Å². The van der Waals surface area contributed by atoms with E-state index in [0.717, 1.165) is 26.1 Å². The molecular formula is C13H24N2O2. The molecule has 1 saturated carbocycles. The van der Waals surface area contributed by atoms with Crippen molar-refractivity contribution in [3.8, 4) is 0 Å². The summed E-state index contributed by atoms with van der Waals surface area (Å²) < 4.78 is 5.43. The first-order valence-electron chi connectivity index (χ1n) is 6.75. The van der Waals surface area contributed by atoms with Crippen molar-refractivity contribution in [3.05, 3.63) is 0 Å². The lowest BCUT2D eigenvalue weighted by Crippen LogP contribution is -2.47. The lowest BCUT2D eigenvalue weighted by Gasteiger charge is -2.43. The summed E-state index contributed by atoms with van der Waals surface area (Å²) >= 11 is 0. The molecule has 1 spiro atoms. The normalized spacial score (nSPS) is 26.7. The van der Waals surface area contributed by atoms with Crippen molar-refractivity contribution >= 4 is 5.91 Å². The number of carbonyl (C=O) groups is 1. The van der Waals surface area contributed by atoms with E-state index < -0.39 is 6.04 Å². The van der Waals surface area contributed by atoms with E-state index in [0.29, 0.717) is 11.5 Å². The summed E-state index contributed by atoms with van der Waals surface area (Å²) in [4.78, 5) is 11.5. The van der Waals surface area contributed by atoms with Crippen LogP contribution in [0.4, 0.5) is 0 Å². The molecule has 1 amide bonds. The van der Waals surface area contributed by atoms with Crippen LogP contribution in [0, 0.1) is 5.41 Å². The van der Waals surface area contributed by atoms with Gasteiger partial charge < -0.3 is 15.8 Å². The van der Waals surface area contributed by atoms with Gasteiger partial charge in [-0.3, -0.25) is 4.79 Å². The minimum atomic E-state index is -0.394. The van der Waals surface area contributed by atoms with E-state index in [2.05, 4.69) is 5.32 Å². The van der Waals surface area contributed by atoms with Crippen molar-refractivity contribution in [1.29, 1.82) is 0 Å². The first-order valence-corrected chi connectivity index (χ1v) is 6.75. The minimum Gasteiger partial charge on any atom is -0.381 e.